The summed E-state index contributed by atoms with van der Waals surface area (Å²) in [5.74, 6) is -1.41. The van der Waals surface area contributed by atoms with Gasteiger partial charge in [-0.1, -0.05) is 60.7 Å². The maximum atomic E-state index is 12.7. The molecule has 0 N–H and O–H groups in total. The number of Topliss-reactive ketones (excluding diaryl/α,β-unsaturated/α-hetero) is 1. The van der Waals surface area contributed by atoms with Gasteiger partial charge in [0.05, 0.1) is 18.2 Å². The van der Waals surface area contributed by atoms with Gasteiger partial charge < -0.3 is 9.47 Å². The van der Waals surface area contributed by atoms with E-state index in [4.69, 9.17) is 14.5 Å². The van der Waals surface area contributed by atoms with Crippen LogP contribution in [0, 0.1) is 0 Å². The van der Waals surface area contributed by atoms with E-state index < -0.39 is 11.9 Å². The van der Waals surface area contributed by atoms with Gasteiger partial charge in [0, 0.05) is 11.1 Å². The fraction of sp³-hybridized carbons (Fsp3) is 0.250. The number of carbonyl (C=O) groups is 2. The molecule has 2 heterocycles. The molecule has 0 amide bonds. The van der Waals surface area contributed by atoms with Crippen molar-refractivity contribution in [2.45, 2.75) is 25.7 Å². The number of benzene rings is 2. The summed E-state index contributed by atoms with van der Waals surface area (Å²) in [6.45, 7) is 3.64. The smallest absolute Gasteiger partial charge is 0.322 e. The largest absolute Gasteiger partial charge is 0.476 e. The van der Waals surface area contributed by atoms with Crippen molar-refractivity contribution in [3.63, 3.8) is 0 Å². The summed E-state index contributed by atoms with van der Waals surface area (Å²) in [4.78, 5) is 34.6. The third-order valence-corrected chi connectivity index (χ3v) is 5.11. The van der Waals surface area contributed by atoms with Crippen molar-refractivity contribution in [2.24, 2.45) is 0 Å². The molecule has 0 radical (unpaired) electrons. The van der Waals surface area contributed by atoms with Crippen LogP contribution in [-0.4, -0.2) is 34.9 Å². The van der Waals surface area contributed by atoms with Crippen LogP contribution >= 0.6 is 0 Å². The Morgan fingerprint density at radius 1 is 1.07 bits per heavy atom. The van der Waals surface area contributed by atoms with Gasteiger partial charge in [-0.15, -0.1) is 0 Å². The normalized spacial score (nSPS) is 15.7. The van der Waals surface area contributed by atoms with Gasteiger partial charge in [0.15, 0.2) is 11.7 Å². The first kappa shape index (κ1) is 19.8. The zero-order chi connectivity index (χ0) is 21.1. The zero-order valence-corrected chi connectivity index (χ0v) is 16.9. The molecule has 0 spiro atoms. The van der Waals surface area contributed by atoms with Gasteiger partial charge in [-0.25, -0.2) is 4.98 Å². The second kappa shape index (κ2) is 8.45. The average Bonchev–Trinajstić information content (AvgIpc) is 3.19. The van der Waals surface area contributed by atoms with Crippen LogP contribution in [0.2, 0.25) is 0 Å². The van der Waals surface area contributed by atoms with E-state index in [1.165, 1.54) is 6.92 Å². The molecule has 0 saturated heterocycles. The Morgan fingerprint density at radius 2 is 1.73 bits per heavy atom. The summed E-state index contributed by atoms with van der Waals surface area (Å²) >= 11 is 0. The van der Waals surface area contributed by atoms with E-state index in [1.54, 1.807) is 6.92 Å². The third kappa shape index (κ3) is 3.68. The number of hydrogen-bond acceptors (Lipinski definition) is 6. The summed E-state index contributed by atoms with van der Waals surface area (Å²) in [5.41, 5.74) is 2.82. The molecule has 0 bridgehead atoms. The number of nitrogens with zero attached hydrogens (tertiary/aromatic N) is 2. The lowest BCUT2D eigenvalue weighted by Gasteiger charge is -2.18. The first-order valence-electron chi connectivity index (χ1n) is 9.92. The highest BCUT2D eigenvalue weighted by molar-refractivity contribution is 6.03. The number of esters is 1. The van der Waals surface area contributed by atoms with Crippen LogP contribution in [0.1, 0.15) is 42.5 Å². The standard InChI is InChI=1S/C24H22N2O4/c1-3-29-24(28)19(15(2)27)21-20-18(16-10-6-4-7-11-16)14-30-23(20)26-22(25-21)17-12-8-5-9-13-17/h4-13,18-19H,3,14H2,1-2H3. The first-order valence-corrected chi connectivity index (χ1v) is 9.92. The number of carbonyl (C=O) groups excluding carboxylic acids is 2. The zero-order valence-electron chi connectivity index (χ0n) is 16.9. The molecule has 2 atom stereocenters. The summed E-state index contributed by atoms with van der Waals surface area (Å²) in [6, 6.07) is 19.2. The van der Waals surface area contributed by atoms with Crippen LogP contribution in [0.3, 0.4) is 0 Å². The second-order valence-electron chi connectivity index (χ2n) is 7.09. The van der Waals surface area contributed by atoms with Crippen molar-refractivity contribution in [1.82, 2.24) is 9.97 Å². The summed E-state index contributed by atoms with van der Waals surface area (Å²) in [7, 11) is 0. The van der Waals surface area contributed by atoms with Gasteiger partial charge in [-0.2, -0.15) is 4.98 Å². The summed E-state index contributed by atoms with van der Waals surface area (Å²) in [6.07, 6.45) is 0. The van der Waals surface area contributed by atoms with E-state index in [1.807, 2.05) is 60.7 Å². The molecule has 0 fully saturated rings. The van der Waals surface area contributed by atoms with Crippen LogP contribution in [-0.2, 0) is 14.3 Å². The molecular weight excluding hydrogens is 380 g/mol. The molecule has 6 heteroatoms. The molecule has 1 aliphatic rings. The lowest BCUT2D eigenvalue weighted by molar-refractivity contribution is -0.147. The number of fused-ring (bicyclic) bond motifs is 1. The summed E-state index contributed by atoms with van der Waals surface area (Å²) in [5, 5.41) is 0. The van der Waals surface area contributed by atoms with E-state index in [0.717, 1.165) is 11.1 Å². The maximum absolute atomic E-state index is 12.7. The topological polar surface area (TPSA) is 78.4 Å². The van der Waals surface area contributed by atoms with Gasteiger partial charge in [0.1, 0.15) is 12.4 Å². The van der Waals surface area contributed by atoms with Crippen molar-refractivity contribution in [3.8, 4) is 17.3 Å². The van der Waals surface area contributed by atoms with Crippen molar-refractivity contribution >= 4 is 11.8 Å². The predicted molar refractivity (Wildman–Crippen MR) is 111 cm³/mol. The fourth-order valence-corrected chi connectivity index (χ4v) is 3.73. The average molecular weight is 402 g/mol. The molecule has 6 nitrogen and oxygen atoms in total. The molecule has 3 aromatic rings. The van der Waals surface area contributed by atoms with Gasteiger partial charge >= 0.3 is 5.97 Å². The fourth-order valence-electron chi connectivity index (χ4n) is 3.73. The van der Waals surface area contributed by atoms with Crippen LogP contribution < -0.4 is 4.74 Å². The third-order valence-electron chi connectivity index (χ3n) is 5.11. The van der Waals surface area contributed by atoms with Crippen LogP contribution in [0.25, 0.3) is 11.4 Å². The highest BCUT2D eigenvalue weighted by Gasteiger charge is 2.39. The number of hydrogen-bond donors (Lipinski definition) is 0. The van der Waals surface area contributed by atoms with E-state index in [-0.39, 0.29) is 18.3 Å². The molecule has 1 aromatic heterocycles. The molecule has 30 heavy (non-hydrogen) atoms. The Bertz CT molecular complexity index is 1070. The lowest BCUT2D eigenvalue weighted by Crippen LogP contribution is -2.25. The number of ketones is 1. The molecule has 152 valence electrons. The summed E-state index contributed by atoms with van der Waals surface area (Å²) < 4.78 is 11.1. The highest BCUT2D eigenvalue weighted by Crippen LogP contribution is 2.42. The van der Waals surface area contributed by atoms with E-state index >= 15 is 0 Å². The number of ether oxygens (including phenoxy) is 2. The molecule has 2 unspecified atom stereocenters. The number of rotatable bonds is 6. The van der Waals surface area contributed by atoms with E-state index in [9.17, 15) is 9.59 Å². The maximum Gasteiger partial charge on any atom is 0.322 e. The molecule has 0 aliphatic carbocycles. The minimum absolute atomic E-state index is 0.169. The Morgan fingerprint density at radius 3 is 2.37 bits per heavy atom. The van der Waals surface area contributed by atoms with Crippen molar-refractivity contribution in [3.05, 3.63) is 77.5 Å². The minimum Gasteiger partial charge on any atom is -0.476 e. The van der Waals surface area contributed by atoms with Gasteiger partial charge in [0.25, 0.3) is 0 Å². The molecule has 2 aromatic carbocycles. The molecular formula is C24H22N2O4. The molecule has 0 saturated carbocycles. The Balaban J connectivity index is 1.92. The van der Waals surface area contributed by atoms with Gasteiger partial charge in [-0.05, 0) is 19.4 Å². The van der Waals surface area contributed by atoms with Gasteiger partial charge in [0.2, 0.25) is 5.88 Å². The minimum atomic E-state index is -1.13. The Kier molecular flexibility index (Phi) is 5.57. The molecule has 1 aliphatic heterocycles. The van der Waals surface area contributed by atoms with Gasteiger partial charge in [-0.3, -0.25) is 9.59 Å². The Hall–Kier alpha value is -3.54. The quantitative estimate of drug-likeness (QED) is 0.460. The highest BCUT2D eigenvalue weighted by atomic mass is 16.5. The van der Waals surface area contributed by atoms with Crippen LogP contribution in [0.4, 0.5) is 0 Å². The first-order chi connectivity index (χ1) is 14.6. The predicted octanol–water partition coefficient (Wildman–Crippen LogP) is 3.90. The van der Waals surface area contributed by atoms with Crippen molar-refractivity contribution in [2.75, 3.05) is 13.2 Å². The van der Waals surface area contributed by atoms with E-state index in [0.29, 0.717) is 29.6 Å². The van der Waals surface area contributed by atoms with Crippen molar-refractivity contribution < 1.29 is 19.1 Å². The van der Waals surface area contributed by atoms with Crippen LogP contribution in [0.15, 0.2) is 60.7 Å². The lowest BCUT2D eigenvalue weighted by atomic mass is 9.87. The Labute approximate surface area is 174 Å². The second-order valence-corrected chi connectivity index (χ2v) is 7.09. The van der Waals surface area contributed by atoms with E-state index in [2.05, 4.69) is 4.98 Å². The monoisotopic (exact) mass is 402 g/mol. The van der Waals surface area contributed by atoms with Crippen LogP contribution in [0.5, 0.6) is 5.88 Å². The molecule has 4 rings (SSSR count). The van der Waals surface area contributed by atoms with Crippen molar-refractivity contribution in [1.29, 1.82) is 0 Å². The number of aromatic nitrogens is 2. The SMILES string of the molecule is CCOC(=O)C(C(C)=O)c1nc(-c2ccccc2)nc2c1C(c1ccccc1)CO2.